The van der Waals surface area contributed by atoms with Crippen LogP contribution < -0.4 is 5.69 Å². The first-order chi connectivity index (χ1) is 10.7. The molecule has 0 radical (unpaired) electrons. The van der Waals surface area contributed by atoms with E-state index >= 15 is 0 Å². The Hall–Kier alpha value is -2.32. The number of amides is 2. The van der Waals surface area contributed by atoms with Gasteiger partial charge in [-0.2, -0.15) is 0 Å². The first-order valence-corrected chi connectivity index (χ1v) is 7.70. The smallest absolute Gasteiger partial charge is 0.410 e. The Balaban J connectivity index is 1.71. The maximum atomic E-state index is 12.5. The van der Waals surface area contributed by atoms with E-state index in [2.05, 4.69) is 15.2 Å². The van der Waals surface area contributed by atoms with Gasteiger partial charge in [0.2, 0.25) is 5.82 Å². The van der Waals surface area contributed by atoms with Crippen molar-refractivity contribution in [1.82, 2.24) is 25.0 Å². The van der Waals surface area contributed by atoms with Crippen LogP contribution in [0.4, 0.5) is 4.79 Å². The fourth-order valence-electron chi connectivity index (χ4n) is 3.20. The minimum absolute atomic E-state index is 0.0117. The number of hydrogen-bond acceptors (Lipinski definition) is 5. The summed E-state index contributed by atoms with van der Waals surface area (Å²) in [5.41, 5.74) is -1.05. The lowest BCUT2D eigenvalue weighted by Gasteiger charge is -2.40. The first kappa shape index (κ1) is 15.6. The summed E-state index contributed by atoms with van der Waals surface area (Å²) in [5.74, 6) is -0.294. The molecule has 2 aliphatic rings. The number of fused-ring (bicyclic) bond motifs is 2. The van der Waals surface area contributed by atoms with E-state index in [0.29, 0.717) is 13.1 Å². The Morgan fingerprint density at radius 3 is 2.30 bits per heavy atom. The summed E-state index contributed by atoms with van der Waals surface area (Å²) >= 11 is 0. The van der Waals surface area contributed by atoms with Crippen molar-refractivity contribution >= 4 is 12.0 Å². The van der Waals surface area contributed by atoms with E-state index in [1.54, 1.807) is 9.80 Å². The number of likely N-dealkylation sites (tertiary alicyclic amines) is 1. The van der Waals surface area contributed by atoms with Gasteiger partial charge in [0.05, 0.1) is 12.1 Å². The van der Waals surface area contributed by atoms with Crippen LogP contribution in [0, 0.1) is 0 Å². The SMILES string of the molecule is CC(C)(C)OC(=O)N1CC2CCC(C1)N2C(=O)c1n[nH]c(=O)[nH]1. The van der Waals surface area contributed by atoms with Gasteiger partial charge >= 0.3 is 11.8 Å². The Kier molecular flexibility index (Phi) is 3.65. The van der Waals surface area contributed by atoms with Crippen molar-refractivity contribution < 1.29 is 14.3 Å². The number of aromatic nitrogens is 3. The second kappa shape index (κ2) is 5.39. The molecule has 0 spiro atoms. The van der Waals surface area contributed by atoms with E-state index in [1.165, 1.54) is 0 Å². The summed E-state index contributed by atoms with van der Waals surface area (Å²) in [5, 5.41) is 5.90. The van der Waals surface area contributed by atoms with E-state index in [-0.39, 0.29) is 29.9 Å². The van der Waals surface area contributed by atoms with Crippen LogP contribution in [0.2, 0.25) is 0 Å². The number of nitrogens with one attached hydrogen (secondary N) is 2. The summed E-state index contributed by atoms with van der Waals surface area (Å²) in [4.78, 5) is 41.6. The average Bonchev–Trinajstić information content (AvgIpc) is 2.98. The Bertz CT molecular complexity index is 659. The zero-order valence-corrected chi connectivity index (χ0v) is 13.5. The van der Waals surface area contributed by atoms with Crippen LogP contribution in [0.25, 0.3) is 0 Å². The van der Waals surface area contributed by atoms with Gasteiger partial charge in [0.15, 0.2) is 0 Å². The third-order valence-corrected chi connectivity index (χ3v) is 4.07. The molecule has 2 aliphatic heterocycles. The predicted octanol–water partition coefficient (Wildman–Crippen LogP) is 0.322. The number of hydrogen-bond donors (Lipinski definition) is 2. The molecule has 2 bridgehead atoms. The third-order valence-electron chi connectivity index (χ3n) is 4.07. The maximum Gasteiger partial charge on any atom is 0.410 e. The zero-order chi connectivity index (χ0) is 16.8. The van der Waals surface area contributed by atoms with Crippen LogP contribution in [0.5, 0.6) is 0 Å². The molecule has 23 heavy (non-hydrogen) atoms. The summed E-state index contributed by atoms with van der Waals surface area (Å²) in [7, 11) is 0. The molecule has 2 unspecified atom stereocenters. The fourth-order valence-corrected chi connectivity index (χ4v) is 3.20. The number of rotatable bonds is 1. The lowest BCUT2D eigenvalue weighted by Crippen LogP contribution is -2.57. The molecule has 2 atom stereocenters. The number of carbonyl (C=O) groups excluding carboxylic acids is 2. The van der Waals surface area contributed by atoms with Gasteiger partial charge in [0.1, 0.15) is 5.60 Å². The van der Waals surface area contributed by atoms with Gasteiger partial charge in [-0.05, 0) is 33.6 Å². The van der Waals surface area contributed by atoms with Crippen LogP contribution in [0.3, 0.4) is 0 Å². The van der Waals surface area contributed by atoms with Gasteiger partial charge in [0.25, 0.3) is 5.91 Å². The van der Waals surface area contributed by atoms with Gasteiger partial charge in [-0.3, -0.25) is 9.78 Å². The quantitative estimate of drug-likeness (QED) is 0.773. The van der Waals surface area contributed by atoms with Gasteiger partial charge in [-0.15, -0.1) is 5.10 Å². The average molecular weight is 323 g/mol. The van der Waals surface area contributed by atoms with Crippen molar-refractivity contribution in [3.8, 4) is 0 Å². The van der Waals surface area contributed by atoms with Crippen molar-refractivity contribution in [3.05, 3.63) is 16.3 Å². The number of carbonyl (C=O) groups is 2. The normalized spacial score (nSPS) is 24.0. The highest BCUT2D eigenvalue weighted by molar-refractivity contribution is 5.91. The minimum Gasteiger partial charge on any atom is -0.444 e. The van der Waals surface area contributed by atoms with E-state index in [4.69, 9.17) is 4.74 Å². The standard InChI is InChI=1S/C14H21N5O4/c1-14(2,3)23-13(22)18-6-8-4-5-9(7-18)19(8)11(20)10-15-12(21)17-16-10/h8-9H,4-7H2,1-3H3,(H2,15,16,17,21). The Labute approximate surface area is 133 Å². The van der Waals surface area contributed by atoms with Crippen molar-refractivity contribution in [1.29, 1.82) is 0 Å². The molecule has 3 heterocycles. The molecule has 1 aromatic rings. The topological polar surface area (TPSA) is 111 Å². The van der Waals surface area contributed by atoms with E-state index in [0.717, 1.165) is 12.8 Å². The summed E-state index contributed by atoms with van der Waals surface area (Å²) in [6.45, 7) is 6.35. The highest BCUT2D eigenvalue weighted by atomic mass is 16.6. The van der Waals surface area contributed by atoms with Gasteiger partial charge in [-0.1, -0.05) is 0 Å². The number of ether oxygens (including phenoxy) is 1. The number of piperazine rings is 1. The molecule has 2 fully saturated rings. The van der Waals surface area contributed by atoms with Crippen molar-refractivity contribution in [3.63, 3.8) is 0 Å². The number of nitrogens with zero attached hydrogens (tertiary/aromatic N) is 3. The summed E-state index contributed by atoms with van der Waals surface area (Å²) in [6, 6.07) is -0.150. The molecular weight excluding hydrogens is 302 g/mol. The molecule has 2 amide bonds. The van der Waals surface area contributed by atoms with Crippen molar-refractivity contribution in [2.24, 2.45) is 0 Å². The van der Waals surface area contributed by atoms with Crippen molar-refractivity contribution in [2.75, 3.05) is 13.1 Å². The van der Waals surface area contributed by atoms with Crippen LogP contribution in [0.1, 0.15) is 44.2 Å². The van der Waals surface area contributed by atoms with Crippen LogP contribution in [-0.4, -0.2) is 67.8 Å². The van der Waals surface area contributed by atoms with E-state index in [1.807, 2.05) is 20.8 Å². The maximum absolute atomic E-state index is 12.5. The monoisotopic (exact) mass is 323 g/mol. The summed E-state index contributed by atoms with van der Waals surface area (Å²) < 4.78 is 5.40. The van der Waals surface area contributed by atoms with Crippen LogP contribution >= 0.6 is 0 Å². The van der Waals surface area contributed by atoms with Gasteiger partial charge in [-0.25, -0.2) is 14.7 Å². The molecule has 0 aliphatic carbocycles. The molecule has 126 valence electrons. The predicted molar refractivity (Wildman–Crippen MR) is 80.0 cm³/mol. The van der Waals surface area contributed by atoms with E-state index < -0.39 is 11.3 Å². The van der Waals surface area contributed by atoms with Crippen LogP contribution in [0.15, 0.2) is 4.79 Å². The molecular formula is C14H21N5O4. The largest absolute Gasteiger partial charge is 0.444 e. The Morgan fingerprint density at radius 1 is 1.22 bits per heavy atom. The molecule has 0 saturated carbocycles. The zero-order valence-electron chi connectivity index (χ0n) is 13.5. The molecule has 9 nitrogen and oxygen atoms in total. The van der Waals surface area contributed by atoms with Crippen LogP contribution in [-0.2, 0) is 4.74 Å². The molecule has 2 saturated heterocycles. The first-order valence-electron chi connectivity index (χ1n) is 7.70. The second-order valence-electron chi connectivity index (χ2n) is 7.01. The molecule has 1 aromatic heterocycles. The van der Waals surface area contributed by atoms with Gasteiger partial charge in [0, 0.05) is 13.1 Å². The lowest BCUT2D eigenvalue weighted by atomic mass is 10.2. The summed E-state index contributed by atoms with van der Waals surface area (Å²) in [6.07, 6.45) is 1.30. The number of aromatic amines is 2. The fraction of sp³-hybridized carbons (Fsp3) is 0.714. The Morgan fingerprint density at radius 2 is 1.83 bits per heavy atom. The molecule has 0 aromatic carbocycles. The lowest BCUT2D eigenvalue weighted by molar-refractivity contribution is 0.00214. The van der Waals surface area contributed by atoms with Crippen molar-refractivity contribution in [2.45, 2.75) is 51.3 Å². The number of H-pyrrole nitrogens is 2. The molecule has 2 N–H and O–H groups in total. The minimum atomic E-state index is -0.544. The molecule has 9 heteroatoms. The molecule has 3 rings (SSSR count). The highest BCUT2D eigenvalue weighted by Gasteiger charge is 2.45. The second-order valence-corrected chi connectivity index (χ2v) is 7.01. The third kappa shape index (κ3) is 3.08. The van der Waals surface area contributed by atoms with Gasteiger partial charge < -0.3 is 14.5 Å². The van der Waals surface area contributed by atoms with E-state index in [9.17, 15) is 14.4 Å². The highest BCUT2D eigenvalue weighted by Crippen LogP contribution is 2.31.